The standard InChI is InChI=1S/C32H44N2O6S2/c1-22-9-7-8-12-27(22)29-17-23(13-14-28(29)31(35)33-30(32(36)37)15-16-42(3,38)39)19-34-20-26(18-24(34)21-40-2)41-25-10-5-4-6-11-25/h7-9,12-14,17,24-26,30H,4-6,10-11,15-16,18-21H2,1-3H3,(H,33,35)(H,36,37)/t24-,26+,30-/m0/s1. The minimum atomic E-state index is -3.38. The van der Waals surface area contributed by atoms with E-state index >= 15 is 0 Å². The van der Waals surface area contributed by atoms with Gasteiger partial charge in [-0.2, -0.15) is 11.8 Å². The molecule has 1 saturated heterocycles. The molecule has 42 heavy (non-hydrogen) atoms. The molecule has 10 heteroatoms. The van der Waals surface area contributed by atoms with E-state index < -0.39 is 27.8 Å². The number of carboxylic acid groups (broad SMARTS) is 1. The monoisotopic (exact) mass is 616 g/mol. The highest BCUT2D eigenvalue weighted by Gasteiger charge is 2.34. The molecule has 4 rings (SSSR count). The number of rotatable bonds is 13. The molecule has 2 aromatic rings. The zero-order valence-electron chi connectivity index (χ0n) is 24.9. The predicted octanol–water partition coefficient (Wildman–Crippen LogP) is 4.93. The third-order valence-electron chi connectivity index (χ3n) is 8.32. The van der Waals surface area contributed by atoms with Crippen molar-refractivity contribution < 1.29 is 27.9 Å². The summed E-state index contributed by atoms with van der Waals surface area (Å²) in [7, 11) is -1.62. The minimum Gasteiger partial charge on any atom is -0.480 e. The third-order valence-corrected chi connectivity index (χ3v) is 10.9. The lowest BCUT2D eigenvalue weighted by Gasteiger charge is -2.25. The van der Waals surface area contributed by atoms with Crippen molar-refractivity contribution in [3.63, 3.8) is 0 Å². The Balaban J connectivity index is 1.57. The van der Waals surface area contributed by atoms with Crippen molar-refractivity contribution >= 4 is 33.5 Å². The maximum atomic E-state index is 13.5. The molecule has 1 aliphatic heterocycles. The number of likely N-dealkylation sites (tertiary alicyclic amines) is 1. The van der Waals surface area contributed by atoms with E-state index in [-0.39, 0.29) is 12.2 Å². The second-order valence-corrected chi connectivity index (χ2v) is 15.6. The van der Waals surface area contributed by atoms with Crippen molar-refractivity contribution in [3.05, 3.63) is 59.2 Å². The van der Waals surface area contributed by atoms with Crippen molar-refractivity contribution in [1.82, 2.24) is 10.2 Å². The van der Waals surface area contributed by atoms with Crippen molar-refractivity contribution in [2.24, 2.45) is 0 Å². The van der Waals surface area contributed by atoms with Gasteiger partial charge in [-0.1, -0.05) is 49.6 Å². The number of hydrogen-bond donors (Lipinski definition) is 2. The zero-order valence-corrected chi connectivity index (χ0v) is 26.5. The molecule has 230 valence electrons. The second-order valence-electron chi connectivity index (χ2n) is 11.8. The number of nitrogens with zero attached hydrogens (tertiary/aromatic N) is 1. The fourth-order valence-electron chi connectivity index (χ4n) is 6.11. The summed E-state index contributed by atoms with van der Waals surface area (Å²) in [6.45, 7) is 4.38. The van der Waals surface area contributed by atoms with E-state index in [1.165, 1.54) is 32.1 Å². The van der Waals surface area contributed by atoms with Crippen molar-refractivity contribution in [1.29, 1.82) is 0 Å². The van der Waals surface area contributed by atoms with E-state index in [1.54, 1.807) is 13.2 Å². The van der Waals surface area contributed by atoms with Gasteiger partial charge in [0.15, 0.2) is 0 Å². The lowest BCUT2D eigenvalue weighted by molar-refractivity contribution is -0.139. The molecule has 2 aliphatic rings. The summed E-state index contributed by atoms with van der Waals surface area (Å²) in [5.74, 6) is -2.13. The highest BCUT2D eigenvalue weighted by molar-refractivity contribution is 8.00. The number of carbonyl (C=O) groups excluding carboxylic acids is 1. The Kier molecular flexibility index (Phi) is 11.5. The summed E-state index contributed by atoms with van der Waals surface area (Å²) < 4.78 is 28.9. The number of carbonyl (C=O) groups is 2. The molecule has 1 amide bonds. The van der Waals surface area contributed by atoms with Gasteiger partial charge in [-0.15, -0.1) is 0 Å². The molecule has 0 unspecified atom stereocenters. The number of aliphatic carboxylic acids is 1. The molecule has 1 saturated carbocycles. The van der Waals surface area contributed by atoms with Crippen LogP contribution in [0.1, 0.15) is 66.4 Å². The first kappa shape index (κ1) is 32.5. The number of ether oxygens (including phenoxy) is 1. The Bertz CT molecular complexity index is 1340. The average molecular weight is 617 g/mol. The number of thioether (sulfide) groups is 1. The van der Waals surface area contributed by atoms with Gasteiger partial charge in [0.25, 0.3) is 5.91 Å². The Morgan fingerprint density at radius 2 is 1.83 bits per heavy atom. The van der Waals surface area contributed by atoms with E-state index in [1.807, 2.05) is 43.3 Å². The van der Waals surface area contributed by atoms with Crippen LogP contribution in [-0.2, 0) is 25.9 Å². The number of methoxy groups -OCH3 is 1. The number of carboxylic acids is 1. The molecule has 0 aromatic heterocycles. The van der Waals surface area contributed by atoms with Crippen LogP contribution in [0, 0.1) is 6.92 Å². The van der Waals surface area contributed by atoms with Crippen LogP contribution in [0.25, 0.3) is 11.1 Å². The first-order valence-electron chi connectivity index (χ1n) is 14.8. The normalized spacial score (nSPS) is 20.8. The van der Waals surface area contributed by atoms with Crippen LogP contribution < -0.4 is 5.32 Å². The topological polar surface area (TPSA) is 113 Å². The Labute approximate surface area is 254 Å². The molecule has 3 atom stereocenters. The summed E-state index contributed by atoms with van der Waals surface area (Å²) in [4.78, 5) is 27.8. The van der Waals surface area contributed by atoms with Gasteiger partial charge in [0.1, 0.15) is 15.9 Å². The predicted molar refractivity (Wildman–Crippen MR) is 169 cm³/mol. The molecule has 2 aromatic carbocycles. The summed E-state index contributed by atoms with van der Waals surface area (Å²) in [6, 6.07) is 12.6. The first-order valence-corrected chi connectivity index (χ1v) is 17.8. The summed E-state index contributed by atoms with van der Waals surface area (Å²) in [6.07, 6.45) is 8.61. The summed E-state index contributed by atoms with van der Waals surface area (Å²) >= 11 is 2.16. The van der Waals surface area contributed by atoms with Crippen LogP contribution in [0.4, 0.5) is 0 Å². The first-order chi connectivity index (χ1) is 20.0. The van der Waals surface area contributed by atoms with Gasteiger partial charge in [0.2, 0.25) is 0 Å². The van der Waals surface area contributed by atoms with Gasteiger partial charge in [0, 0.05) is 48.6 Å². The Hall–Kier alpha value is -2.40. The van der Waals surface area contributed by atoms with E-state index in [0.717, 1.165) is 53.3 Å². The molecule has 2 fully saturated rings. The lowest BCUT2D eigenvalue weighted by Crippen LogP contribution is -2.42. The van der Waals surface area contributed by atoms with Crippen LogP contribution in [-0.4, -0.2) is 85.2 Å². The third kappa shape index (κ3) is 9.05. The molecular weight excluding hydrogens is 572 g/mol. The number of aryl methyl sites for hydroxylation is 1. The van der Waals surface area contributed by atoms with Crippen molar-refractivity contribution in [2.45, 2.75) is 81.0 Å². The minimum absolute atomic E-state index is 0.201. The molecule has 2 N–H and O–H groups in total. The van der Waals surface area contributed by atoms with Crippen LogP contribution in [0.3, 0.4) is 0 Å². The Morgan fingerprint density at radius 3 is 2.50 bits per heavy atom. The van der Waals surface area contributed by atoms with E-state index in [0.29, 0.717) is 23.5 Å². The fraction of sp³-hybridized carbons (Fsp3) is 0.562. The number of nitrogens with one attached hydrogen (secondary N) is 1. The SMILES string of the molecule is COC[C@@H]1C[C@@H](SC2CCCCC2)CN1Cc1ccc(C(=O)N[C@@H](CCS(C)(=O)=O)C(=O)O)c(-c2ccccc2C)c1. The van der Waals surface area contributed by atoms with Gasteiger partial charge >= 0.3 is 5.97 Å². The van der Waals surface area contributed by atoms with Crippen molar-refractivity contribution in [2.75, 3.05) is 32.3 Å². The zero-order chi connectivity index (χ0) is 30.3. The van der Waals surface area contributed by atoms with Gasteiger partial charge in [-0.05, 0) is 67.0 Å². The van der Waals surface area contributed by atoms with Gasteiger partial charge in [-0.3, -0.25) is 9.69 Å². The number of hydrogen-bond acceptors (Lipinski definition) is 7. The molecule has 0 radical (unpaired) electrons. The second kappa shape index (κ2) is 14.9. The molecular formula is C32H44N2O6S2. The summed E-state index contributed by atoms with van der Waals surface area (Å²) in [5.41, 5.74) is 4.05. The van der Waals surface area contributed by atoms with Crippen LogP contribution in [0.15, 0.2) is 42.5 Å². The summed E-state index contributed by atoms with van der Waals surface area (Å²) in [5, 5.41) is 13.6. The van der Waals surface area contributed by atoms with E-state index in [9.17, 15) is 23.1 Å². The van der Waals surface area contributed by atoms with E-state index in [2.05, 4.69) is 22.0 Å². The molecule has 1 aliphatic carbocycles. The Morgan fingerprint density at radius 1 is 1.10 bits per heavy atom. The fourth-order valence-corrected chi connectivity index (χ4v) is 8.54. The molecule has 8 nitrogen and oxygen atoms in total. The maximum Gasteiger partial charge on any atom is 0.326 e. The van der Waals surface area contributed by atoms with E-state index in [4.69, 9.17) is 4.74 Å². The van der Waals surface area contributed by atoms with Crippen LogP contribution >= 0.6 is 11.8 Å². The van der Waals surface area contributed by atoms with Gasteiger partial charge < -0.3 is 15.2 Å². The number of sulfone groups is 1. The highest BCUT2D eigenvalue weighted by atomic mass is 32.2. The maximum absolute atomic E-state index is 13.5. The highest BCUT2D eigenvalue weighted by Crippen LogP contribution is 2.37. The van der Waals surface area contributed by atoms with Crippen LogP contribution in [0.2, 0.25) is 0 Å². The van der Waals surface area contributed by atoms with Crippen molar-refractivity contribution in [3.8, 4) is 11.1 Å². The molecule has 1 heterocycles. The lowest BCUT2D eigenvalue weighted by atomic mass is 9.93. The van der Waals surface area contributed by atoms with Gasteiger partial charge in [-0.25, -0.2) is 13.2 Å². The molecule has 0 spiro atoms. The van der Waals surface area contributed by atoms with Gasteiger partial charge in [0.05, 0.1) is 12.4 Å². The number of benzene rings is 2. The smallest absolute Gasteiger partial charge is 0.326 e. The average Bonchev–Trinajstić information content (AvgIpc) is 3.31. The quantitative estimate of drug-likeness (QED) is 0.326. The number of amides is 1. The van der Waals surface area contributed by atoms with Crippen LogP contribution in [0.5, 0.6) is 0 Å². The largest absolute Gasteiger partial charge is 0.480 e. The molecule has 0 bridgehead atoms.